The molecule has 7 nitrogen and oxygen atoms in total. The molecule has 2 heterocycles. The van der Waals surface area contributed by atoms with Crippen LogP contribution < -0.4 is 5.32 Å². The Balaban J connectivity index is 1.44. The Labute approximate surface area is 167 Å². The molecule has 0 saturated carbocycles. The molecule has 0 aliphatic carbocycles. The van der Waals surface area contributed by atoms with Gasteiger partial charge in [0, 0.05) is 46.7 Å². The number of nitrogens with one attached hydrogen (secondary N) is 1. The van der Waals surface area contributed by atoms with Crippen molar-refractivity contribution < 1.29 is 9.47 Å². The lowest BCUT2D eigenvalue weighted by Crippen LogP contribution is -2.46. The highest BCUT2D eigenvalue weighted by Gasteiger charge is 2.21. The van der Waals surface area contributed by atoms with Crippen LogP contribution in [0.5, 0.6) is 0 Å². The highest BCUT2D eigenvalue weighted by atomic mass is 16.5. The molecule has 3 rings (SSSR count). The zero-order chi connectivity index (χ0) is 19.6. The maximum atomic E-state index is 5.94. The minimum absolute atomic E-state index is 0.341. The van der Waals surface area contributed by atoms with Gasteiger partial charge in [-0.15, -0.1) is 0 Å². The summed E-state index contributed by atoms with van der Waals surface area (Å²) < 4.78 is 12.9. The molecule has 1 aromatic heterocycles. The van der Waals surface area contributed by atoms with Crippen molar-refractivity contribution in [1.29, 1.82) is 0 Å². The number of methoxy groups -OCH3 is 1. The van der Waals surface area contributed by atoms with Gasteiger partial charge in [-0.2, -0.15) is 5.10 Å². The number of aliphatic imine (C=N–C) groups is 1. The largest absolute Gasteiger partial charge is 0.385 e. The van der Waals surface area contributed by atoms with Crippen LogP contribution in [0, 0.1) is 0 Å². The van der Waals surface area contributed by atoms with E-state index in [-0.39, 0.29) is 0 Å². The minimum Gasteiger partial charge on any atom is -0.385 e. The number of rotatable bonds is 8. The smallest absolute Gasteiger partial charge is 0.193 e. The molecule has 2 aromatic rings. The zero-order valence-corrected chi connectivity index (χ0v) is 16.9. The first-order chi connectivity index (χ1) is 13.8. The first kappa shape index (κ1) is 20.4. The van der Waals surface area contributed by atoms with Gasteiger partial charge < -0.3 is 19.7 Å². The summed E-state index contributed by atoms with van der Waals surface area (Å²) in [6, 6.07) is 12.2. The van der Waals surface area contributed by atoms with Gasteiger partial charge in [0.25, 0.3) is 0 Å². The maximum absolute atomic E-state index is 5.94. The fraction of sp³-hybridized carbons (Fsp3) is 0.524. The topological polar surface area (TPSA) is 63.9 Å². The van der Waals surface area contributed by atoms with E-state index in [1.165, 1.54) is 0 Å². The molecule has 1 saturated heterocycles. The van der Waals surface area contributed by atoms with Crippen LogP contribution in [0.3, 0.4) is 0 Å². The molecule has 1 aliphatic heterocycles. The molecule has 1 aromatic carbocycles. The summed E-state index contributed by atoms with van der Waals surface area (Å²) >= 11 is 0. The third-order valence-electron chi connectivity index (χ3n) is 4.89. The van der Waals surface area contributed by atoms with Crippen molar-refractivity contribution in [3.63, 3.8) is 0 Å². The predicted molar refractivity (Wildman–Crippen MR) is 111 cm³/mol. The average molecular weight is 386 g/mol. The van der Waals surface area contributed by atoms with E-state index in [4.69, 9.17) is 9.47 Å². The standard InChI is InChI=1S/C21H31N5O2/c1-22-21(25-12-10-20(11-13-25)28-16-6-15-27-2)23-17-18-9-14-26(24-18)19-7-4-3-5-8-19/h3-5,7-9,14,20H,6,10-13,15-17H2,1-2H3,(H,22,23). The van der Waals surface area contributed by atoms with E-state index in [1.807, 2.05) is 54.3 Å². The Kier molecular flexibility index (Phi) is 7.87. The SMILES string of the molecule is CN=C(NCc1ccn(-c2ccccc2)n1)N1CCC(OCCCOC)CC1. The number of nitrogens with zero attached hydrogens (tertiary/aromatic N) is 4. The van der Waals surface area contributed by atoms with Gasteiger partial charge in [0.05, 0.1) is 24.0 Å². The molecule has 1 aliphatic rings. The second-order valence-corrected chi connectivity index (χ2v) is 6.89. The van der Waals surface area contributed by atoms with Crippen LogP contribution in [0.25, 0.3) is 5.69 Å². The van der Waals surface area contributed by atoms with Gasteiger partial charge in [-0.1, -0.05) is 18.2 Å². The van der Waals surface area contributed by atoms with Crippen molar-refractivity contribution in [2.24, 2.45) is 4.99 Å². The number of para-hydroxylation sites is 1. The number of piperidine rings is 1. The van der Waals surface area contributed by atoms with Crippen molar-refractivity contribution in [3.05, 3.63) is 48.3 Å². The molecule has 28 heavy (non-hydrogen) atoms. The highest BCUT2D eigenvalue weighted by molar-refractivity contribution is 5.79. The number of likely N-dealkylation sites (tertiary alicyclic amines) is 1. The molecule has 0 atom stereocenters. The van der Waals surface area contributed by atoms with Crippen molar-refractivity contribution in [2.45, 2.75) is 31.9 Å². The molecule has 0 unspecified atom stereocenters. The first-order valence-corrected chi connectivity index (χ1v) is 9.96. The first-order valence-electron chi connectivity index (χ1n) is 9.96. The van der Waals surface area contributed by atoms with Crippen LogP contribution >= 0.6 is 0 Å². The number of hydrogen-bond donors (Lipinski definition) is 1. The van der Waals surface area contributed by atoms with Gasteiger partial charge in [0.2, 0.25) is 0 Å². The fourth-order valence-corrected chi connectivity index (χ4v) is 3.37. The molecule has 0 radical (unpaired) electrons. The third-order valence-corrected chi connectivity index (χ3v) is 4.89. The Morgan fingerprint density at radius 3 is 2.68 bits per heavy atom. The summed E-state index contributed by atoms with van der Waals surface area (Å²) in [5.41, 5.74) is 2.05. The molecule has 0 bridgehead atoms. The van der Waals surface area contributed by atoms with E-state index < -0.39 is 0 Å². The molecule has 0 amide bonds. The van der Waals surface area contributed by atoms with Crippen molar-refractivity contribution >= 4 is 5.96 Å². The molecular weight excluding hydrogens is 354 g/mol. The molecule has 1 fully saturated rings. The van der Waals surface area contributed by atoms with E-state index in [2.05, 4.69) is 20.3 Å². The molecule has 1 N–H and O–H groups in total. The van der Waals surface area contributed by atoms with Gasteiger partial charge in [-0.05, 0) is 37.5 Å². The maximum Gasteiger partial charge on any atom is 0.193 e. The second kappa shape index (κ2) is 10.8. The zero-order valence-electron chi connectivity index (χ0n) is 16.9. The minimum atomic E-state index is 0.341. The van der Waals surface area contributed by atoms with E-state index >= 15 is 0 Å². The molecular formula is C21H31N5O2. The van der Waals surface area contributed by atoms with Crippen LogP contribution in [0.1, 0.15) is 25.0 Å². The Morgan fingerprint density at radius 2 is 1.96 bits per heavy atom. The summed E-state index contributed by atoms with van der Waals surface area (Å²) in [5.74, 6) is 0.923. The van der Waals surface area contributed by atoms with Crippen LogP contribution in [-0.4, -0.2) is 67.2 Å². The van der Waals surface area contributed by atoms with Crippen LogP contribution in [0.4, 0.5) is 0 Å². The quantitative estimate of drug-likeness (QED) is 0.430. The van der Waals surface area contributed by atoms with Crippen LogP contribution in [-0.2, 0) is 16.0 Å². The Hall–Kier alpha value is -2.38. The van der Waals surface area contributed by atoms with Gasteiger partial charge in [-0.3, -0.25) is 4.99 Å². The fourth-order valence-electron chi connectivity index (χ4n) is 3.37. The van der Waals surface area contributed by atoms with Crippen molar-refractivity contribution in [3.8, 4) is 5.69 Å². The predicted octanol–water partition coefficient (Wildman–Crippen LogP) is 2.47. The van der Waals surface area contributed by atoms with Gasteiger partial charge in [0.15, 0.2) is 5.96 Å². The second-order valence-electron chi connectivity index (χ2n) is 6.89. The summed E-state index contributed by atoms with van der Waals surface area (Å²) in [6.45, 7) is 4.09. The number of guanidine groups is 1. The summed E-state index contributed by atoms with van der Waals surface area (Å²) in [6.07, 6.45) is 5.33. The van der Waals surface area contributed by atoms with Crippen LogP contribution in [0.2, 0.25) is 0 Å². The molecule has 152 valence electrons. The number of hydrogen-bond acceptors (Lipinski definition) is 4. The summed E-state index contributed by atoms with van der Waals surface area (Å²) in [7, 11) is 3.56. The van der Waals surface area contributed by atoms with E-state index in [9.17, 15) is 0 Å². The van der Waals surface area contributed by atoms with Crippen molar-refractivity contribution in [1.82, 2.24) is 20.0 Å². The number of benzene rings is 1. The normalized spacial score (nSPS) is 15.8. The third kappa shape index (κ3) is 5.81. The number of ether oxygens (including phenoxy) is 2. The highest BCUT2D eigenvalue weighted by Crippen LogP contribution is 2.14. The average Bonchev–Trinajstić information content (AvgIpc) is 3.22. The van der Waals surface area contributed by atoms with Gasteiger partial charge >= 0.3 is 0 Å². The van der Waals surface area contributed by atoms with E-state index in [0.29, 0.717) is 12.6 Å². The number of aromatic nitrogens is 2. The lowest BCUT2D eigenvalue weighted by atomic mass is 10.1. The lowest BCUT2D eigenvalue weighted by molar-refractivity contribution is 0.00989. The van der Waals surface area contributed by atoms with Crippen LogP contribution in [0.15, 0.2) is 47.6 Å². The summed E-state index contributed by atoms with van der Waals surface area (Å²) in [4.78, 5) is 6.74. The van der Waals surface area contributed by atoms with Gasteiger partial charge in [-0.25, -0.2) is 4.68 Å². The van der Waals surface area contributed by atoms with Gasteiger partial charge in [0.1, 0.15) is 0 Å². The summed E-state index contributed by atoms with van der Waals surface area (Å²) in [5, 5.41) is 8.08. The lowest BCUT2D eigenvalue weighted by Gasteiger charge is -2.34. The van der Waals surface area contributed by atoms with E-state index in [0.717, 1.165) is 62.9 Å². The monoisotopic (exact) mass is 385 g/mol. The Bertz CT molecular complexity index is 723. The molecule has 0 spiro atoms. The van der Waals surface area contributed by atoms with E-state index in [1.54, 1.807) is 7.11 Å². The van der Waals surface area contributed by atoms with Crippen molar-refractivity contribution in [2.75, 3.05) is 40.5 Å². The Morgan fingerprint density at radius 1 is 1.18 bits per heavy atom. The molecule has 7 heteroatoms.